The molecule has 4 aromatic rings. The van der Waals surface area contributed by atoms with Crippen LogP contribution in [-0.2, 0) is 5.41 Å². The highest BCUT2D eigenvalue weighted by Gasteiger charge is 2.37. The minimum atomic E-state index is -0.282. The number of benzene rings is 4. The summed E-state index contributed by atoms with van der Waals surface area (Å²) in [5.74, 6) is 0.106. The van der Waals surface area contributed by atoms with E-state index in [9.17, 15) is 4.79 Å². The Morgan fingerprint density at radius 3 is 1.29 bits per heavy atom. The molecule has 0 atom stereocenters. The second-order valence-electron chi connectivity index (χ2n) is 8.49. The van der Waals surface area contributed by atoms with E-state index in [4.69, 9.17) is 0 Å². The van der Waals surface area contributed by atoms with Gasteiger partial charge < -0.3 is 0 Å². The smallest absolute Gasteiger partial charge is 0.193 e. The van der Waals surface area contributed by atoms with E-state index in [0.717, 1.165) is 53.5 Å². The summed E-state index contributed by atoms with van der Waals surface area (Å²) >= 11 is 7.01. The summed E-state index contributed by atoms with van der Waals surface area (Å²) in [4.78, 5) is 13.4. The standard InChI is InChI=1S/C28H20Br2O/c1-28(2)25-15-19(17-3-9-21(29)10-4-17)7-13-23(25)27(31)24-14-8-20(16-26(24)28)18-5-11-22(30)12-6-18/h3-16H,1-2H3. The molecule has 0 amide bonds. The van der Waals surface area contributed by atoms with Gasteiger partial charge in [-0.1, -0.05) is 94.2 Å². The number of ketones is 1. The quantitative estimate of drug-likeness (QED) is 0.253. The van der Waals surface area contributed by atoms with Gasteiger partial charge in [-0.2, -0.15) is 0 Å². The molecule has 0 N–H and O–H groups in total. The monoisotopic (exact) mass is 530 g/mol. The second-order valence-corrected chi connectivity index (χ2v) is 10.3. The zero-order valence-corrected chi connectivity index (χ0v) is 20.4. The van der Waals surface area contributed by atoms with Crippen LogP contribution in [0.5, 0.6) is 0 Å². The molecule has 5 rings (SSSR count). The van der Waals surface area contributed by atoms with Crippen LogP contribution < -0.4 is 0 Å². The maximum atomic E-state index is 13.4. The molecule has 0 fully saturated rings. The number of hydrogen-bond acceptors (Lipinski definition) is 1. The van der Waals surface area contributed by atoms with Crippen molar-refractivity contribution in [1.82, 2.24) is 0 Å². The summed E-state index contributed by atoms with van der Waals surface area (Å²) in [6, 6.07) is 29.0. The van der Waals surface area contributed by atoms with Crippen molar-refractivity contribution in [2.24, 2.45) is 0 Å². The van der Waals surface area contributed by atoms with E-state index in [-0.39, 0.29) is 11.2 Å². The summed E-state index contributed by atoms with van der Waals surface area (Å²) in [7, 11) is 0. The summed E-state index contributed by atoms with van der Waals surface area (Å²) in [6.45, 7) is 4.43. The Labute approximate surface area is 199 Å². The van der Waals surface area contributed by atoms with Gasteiger partial charge >= 0.3 is 0 Å². The van der Waals surface area contributed by atoms with Crippen LogP contribution in [-0.4, -0.2) is 5.78 Å². The Kier molecular flexibility index (Phi) is 4.99. The molecule has 0 heterocycles. The molecule has 0 spiro atoms. The first kappa shape index (κ1) is 20.4. The highest BCUT2D eigenvalue weighted by Crippen LogP contribution is 2.44. The number of rotatable bonds is 2. The number of carbonyl (C=O) groups excluding carboxylic acids is 1. The first-order chi connectivity index (χ1) is 14.8. The molecule has 1 nitrogen and oxygen atoms in total. The van der Waals surface area contributed by atoms with Crippen LogP contribution in [0.3, 0.4) is 0 Å². The maximum Gasteiger partial charge on any atom is 0.193 e. The molecule has 3 heteroatoms. The second kappa shape index (κ2) is 7.58. The van der Waals surface area contributed by atoms with Crippen LogP contribution in [0.4, 0.5) is 0 Å². The van der Waals surface area contributed by atoms with Gasteiger partial charge in [-0.3, -0.25) is 4.79 Å². The molecule has 0 saturated carbocycles. The van der Waals surface area contributed by atoms with Crippen LogP contribution in [0.1, 0.15) is 40.9 Å². The Morgan fingerprint density at radius 2 is 0.903 bits per heavy atom. The topological polar surface area (TPSA) is 17.1 Å². The van der Waals surface area contributed by atoms with E-state index in [1.807, 2.05) is 36.4 Å². The number of fused-ring (bicyclic) bond motifs is 2. The van der Waals surface area contributed by atoms with Crippen molar-refractivity contribution in [2.45, 2.75) is 19.3 Å². The van der Waals surface area contributed by atoms with E-state index in [1.54, 1.807) is 0 Å². The molecule has 4 aromatic carbocycles. The predicted molar refractivity (Wildman–Crippen MR) is 135 cm³/mol. The molecule has 1 aliphatic carbocycles. The zero-order chi connectivity index (χ0) is 21.8. The van der Waals surface area contributed by atoms with Crippen molar-refractivity contribution in [1.29, 1.82) is 0 Å². The van der Waals surface area contributed by atoms with Crippen molar-refractivity contribution in [3.05, 3.63) is 116 Å². The van der Waals surface area contributed by atoms with Crippen LogP contribution in [0.15, 0.2) is 93.9 Å². The highest BCUT2D eigenvalue weighted by molar-refractivity contribution is 9.10. The average molecular weight is 532 g/mol. The zero-order valence-electron chi connectivity index (χ0n) is 17.2. The van der Waals surface area contributed by atoms with Crippen LogP contribution in [0.2, 0.25) is 0 Å². The lowest BCUT2D eigenvalue weighted by Crippen LogP contribution is -2.30. The molecule has 0 radical (unpaired) electrons. The van der Waals surface area contributed by atoms with Gasteiger partial charge in [-0.15, -0.1) is 0 Å². The van der Waals surface area contributed by atoms with E-state index >= 15 is 0 Å². The fraction of sp³-hybridized carbons (Fsp3) is 0.107. The lowest BCUT2D eigenvalue weighted by atomic mass is 9.67. The third-order valence-corrected chi connectivity index (χ3v) is 7.29. The van der Waals surface area contributed by atoms with Crippen molar-refractivity contribution in [3.8, 4) is 22.3 Å². The Balaban J connectivity index is 1.65. The fourth-order valence-corrected chi connectivity index (χ4v) is 4.98. The van der Waals surface area contributed by atoms with Gasteiger partial charge in [-0.25, -0.2) is 0 Å². The highest BCUT2D eigenvalue weighted by atomic mass is 79.9. The van der Waals surface area contributed by atoms with Crippen molar-refractivity contribution < 1.29 is 4.79 Å². The van der Waals surface area contributed by atoms with Crippen LogP contribution in [0.25, 0.3) is 22.3 Å². The van der Waals surface area contributed by atoms with Crippen molar-refractivity contribution >= 4 is 37.6 Å². The SMILES string of the molecule is CC1(C)c2cc(-c3ccc(Br)cc3)ccc2C(=O)c2ccc(-c3ccc(Br)cc3)cc21. The third kappa shape index (κ3) is 3.50. The Morgan fingerprint density at radius 1 is 0.548 bits per heavy atom. The molecule has 0 aromatic heterocycles. The van der Waals surface area contributed by atoms with Crippen molar-refractivity contribution in [3.63, 3.8) is 0 Å². The molecular weight excluding hydrogens is 512 g/mol. The van der Waals surface area contributed by atoms with Gasteiger partial charge in [0.05, 0.1) is 0 Å². The van der Waals surface area contributed by atoms with E-state index < -0.39 is 0 Å². The normalized spacial score (nSPS) is 14.1. The summed E-state index contributed by atoms with van der Waals surface area (Å²) in [5, 5.41) is 0. The Hall–Kier alpha value is -2.49. The number of carbonyl (C=O) groups is 1. The lowest BCUT2D eigenvalue weighted by molar-refractivity contribution is 0.103. The van der Waals surface area contributed by atoms with E-state index in [2.05, 4.69) is 94.2 Å². The number of halogens is 2. The van der Waals surface area contributed by atoms with Crippen LogP contribution in [0, 0.1) is 0 Å². The molecule has 0 unspecified atom stereocenters. The summed E-state index contributed by atoms with van der Waals surface area (Å²) in [5.41, 5.74) is 8.02. The molecule has 152 valence electrons. The van der Waals surface area contributed by atoms with Gasteiger partial charge in [0.1, 0.15) is 0 Å². The minimum Gasteiger partial charge on any atom is -0.289 e. The predicted octanol–water partition coefficient (Wildman–Crippen LogP) is 8.42. The van der Waals surface area contributed by atoms with Crippen molar-refractivity contribution in [2.75, 3.05) is 0 Å². The third-order valence-electron chi connectivity index (χ3n) is 6.23. The minimum absolute atomic E-state index is 0.106. The van der Waals surface area contributed by atoms with Gasteiger partial charge in [0.15, 0.2) is 5.78 Å². The number of hydrogen-bond donors (Lipinski definition) is 0. The first-order valence-electron chi connectivity index (χ1n) is 10.2. The first-order valence-corrected chi connectivity index (χ1v) is 11.8. The Bertz CT molecular complexity index is 1220. The fourth-order valence-electron chi connectivity index (χ4n) is 4.45. The van der Waals surface area contributed by atoms with Gasteiger partial charge in [0.2, 0.25) is 0 Å². The van der Waals surface area contributed by atoms with Gasteiger partial charge in [0, 0.05) is 25.5 Å². The van der Waals surface area contributed by atoms with Gasteiger partial charge in [-0.05, 0) is 69.8 Å². The molecule has 0 saturated heterocycles. The molecular formula is C28H20Br2O. The van der Waals surface area contributed by atoms with Crippen LogP contribution >= 0.6 is 31.9 Å². The summed E-state index contributed by atoms with van der Waals surface area (Å²) in [6.07, 6.45) is 0. The average Bonchev–Trinajstić information content (AvgIpc) is 2.78. The largest absolute Gasteiger partial charge is 0.289 e. The molecule has 31 heavy (non-hydrogen) atoms. The summed E-state index contributed by atoms with van der Waals surface area (Å²) < 4.78 is 2.11. The molecule has 1 aliphatic rings. The molecule has 0 aliphatic heterocycles. The van der Waals surface area contributed by atoms with E-state index in [0.29, 0.717) is 0 Å². The van der Waals surface area contributed by atoms with E-state index in [1.165, 1.54) is 0 Å². The maximum absolute atomic E-state index is 13.4. The lowest BCUT2D eigenvalue weighted by Gasteiger charge is -2.35. The van der Waals surface area contributed by atoms with Gasteiger partial charge in [0.25, 0.3) is 0 Å². The molecule has 0 bridgehead atoms.